The highest BCUT2D eigenvalue weighted by atomic mass is 16.2. The van der Waals surface area contributed by atoms with Crippen LogP contribution in [-0.2, 0) is 9.59 Å². The van der Waals surface area contributed by atoms with E-state index in [0.717, 1.165) is 38.5 Å². The summed E-state index contributed by atoms with van der Waals surface area (Å²) in [5.74, 6) is -0.330. The molecule has 0 radical (unpaired) electrons. The van der Waals surface area contributed by atoms with Gasteiger partial charge in [-0.15, -0.1) is 0 Å². The monoisotopic (exact) mass is 366 g/mol. The Morgan fingerprint density at radius 3 is 1.93 bits per heavy atom. The molecule has 4 nitrogen and oxygen atoms in total. The Morgan fingerprint density at radius 2 is 1.36 bits per heavy atom. The summed E-state index contributed by atoms with van der Waals surface area (Å²) in [5.41, 5.74) is 0.937. The van der Waals surface area contributed by atoms with Gasteiger partial charge in [-0.25, -0.2) is 0 Å². The van der Waals surface area contributed by atoms with Crippen molar-refractivity contribution in [2.75, 3.05) is 0 Å². The van der Waals surface area contributed by atoms with Crippen LogP contribution in [-0.4, -0.2) is 23.0 Å². The fourth-order valence-corrected chi connectivity index (χ4v) is 5.30. The van der Waals surface area contributed by atoms with Crippen LogP contribution in [0.5, 0.6) is 0 Å². The summed E-state index contributed by atoms with van der Waals surface area (Å²) >= 11 is 0. The second-order valence-electron chi connectivity index (χ2n) is 7.97. The van der Waals surface area contributed by atoms with Crippen LogP contribution in [0.2, 0.25) is 0 Å². The molecular weight excluding hydrogens is 348 g/mol. The molecule has 0 N–H and O–H groups in total. The minimum absolute atomic E-state index is 0.146. The fraction of sp³-hybridized carbons (Fsp3) is 0.208. The minimum atomic E-state index is -0.219. The highest BCUT2D eigenvalue weighted by molar-refractivity contribution is 6.14. The van der Waals surface area contributed by atoms with E-state index in [1.807, 2.05) is 24.3 Å². The van der Waals surface area contributed by atoms with Crippen molar-refractivity contribution in [3.63, 3.8) is 0 Å². The van der Waals surface area contributed by atoms with E-state index in [2.05, 4.69) is 47.6 Å². The average molecular weight is 366 g/mol. The maximum absolute atomic E-state index is 12.9. The zero-order valence-electron chi connectivity index (χ0n) is 15.2. The normalized spacial score (nSPS) is 28.4. The summed E-state index contributed by atoms with van der Waals surface area (Å²) in [5, 5.41) is 9.89. The van der Waals surface area contributed by atoms with Crippen molar-refractivity contribution in [3.8, 4) is 0 Å². The average Bonchev–Trinajstić information content (AvgIpc) is 3.40. The molecule has 4 heteroatoms. The first-order chi connectivity index (χ1) is 13.7. The number of allylic oxidation sites excluding steroid dienone is 2. The molecule has 3 aliphatic rings. The molecule has 3 aromatic rings. The predicted molar refractivity (Wildman–Crippen MR) is 109 cm³/mol. The molecule has 1 aliphatic heterocycles. The number of amides is 2. The first-order valence-electron chi connectivity index (χ1n) is 9.73. The third kappa shape index (κ3) is 2.03. The van der Waals surface area contributed by atoms with Gasteiger partial charge in [-0.3, -0.25) is 9.59 Å². The molecule has 6 rings (SSSR count). The molecule has 2 fully saturated rings. The van der Waals surface area contributed by atoms with Crippen LogP contribution >= 0.6 is 0 Å². The van der Waals surface area contributed by atoms with Crippen LogP contribution in [0.4, 0.5) is 0 Å². The Morgan fingerprint density at radius 1 is 0.821 bits per heavy atom. The van der Waals surface area contributed by atoms with Gasteiger partial charge in [0.15, 0.2) is 0 Å². The molecule has 2 bridgehead atoms. The van der Waals surface area contributed by atoms with Crippen molar-refractivity contribution >= 4 is 39.6 Å². The third-order valence-corrected chi connectivity index (χ3v) is 6.56. The van der Waals surface area contributed by atoms with Gasteiger partial charge >= 0.3 is 0 Å². The Balaban J connectivity index is 1.46. The smallest absolute Gasteiger partial charge is 0.254 e. The van der Waals surface area contributed by atoms with Crippen LogP contribution < -0.4 is 0 Å². The highest BCUT2D eigenvalue weighted by Crippen LogP contribution is 2.52. The molecular formula is C24H18N2O2. The zero-order valence-corrected chi connectivity index (χ0v) is 15.2. The van der Waals surface area contributed by atoms with E-state index in [1.54, 1.807) is 6.21 Å². The molecule has 2 aliphatic carbocycles. The molecule has 0 spiro atoms. The number of carbonyl (C=O) groups is 2. The van der Waals surface area contributed by atoms with Crippen molar-refractivity contribution in [2.45, 2.75) is 6.42 Å². The molecule has 1 saturated carbocycles. The summed E-state index contributed by atoms with van der Waals surface area (Å²) < 4.78 is 0. The Kier molecular flexibility index (Phi) is 3.16. The number of nitrogens with zero attached hydrogens (tertiary/aromatic N) is 2. The lowest BCUT2D eigenvalue weighted by molar-refractivity contribution is -0.140. The van der Waals surface area contributed by atoms with Gasteiger partial charge in [0, 0.05) is 5.56 Å². The van der Waals surface area contributed by atoms with Gasteiger partial charge in [-0.2, -0.15) is 10.1 Å². The van der Waals surface area contributed by atoms with Crippen molar-refractivity contribution < 1.29 is 9.59 Å². The SMILES string of the molecule is O=C1[C@@H]2[C@@H](C(=O)N1/N=C\c1c3ccccc3cc3ccccc13)[C@H]1C=C[C@H]2C1. The van der Waals surface area contributed by atoms with E-state index in [0.29, 0.717) is 0 Å². The van der Waals surface area contributed by atoms with Crippen LogP contribution in [0, 0.1) is 23.7 Å². The Bertz CT molecular complexity index is 1140. The lowest BCUT2D eigenvalue weighted by Gasteiger charge is -2.13. The number of benzene rings is 3. The summed E-state index contributed by atoms with van der Waals surface area (Å²) in [6.45, 7) is 0. The summed E-state index contributed by atoms with van der Waals surface area (Å²) in [6.07, 6.45) is 6.82. The second-order valence-corrected chi connectivity index (χ2v) is 7.97. The highest BCUT2D eigenvalue weighted by Gasteiger charge is 2.59. The molecule has 1 heterocycles. The van der Waals surface area contributed by atoms with E-state index in [9.17, 15) is 9.59 Å². The van der Waals surface area contributed by atoms with Gasteiger partial charge in [0.25, 0.3) is 11.8 Å². The first-order valence-corrected chi connectivity index (χ1v) is 9.73. The number of hydrogen-bond acceptors (Lipinski definition) is 3. The molecule has 136 valence electrons. The number of hydrogen-bond donors (Lipinski definition) is 0. The van der Waals surface area contributed by atoms with Gasteiger partial charge in [-0.05, 0) is 45.9 Å². The summed E-state index contributed by atoms with van der Waals surface area (Å²) in [6, 6.07) is 18.4. The topological polar surface area (TPSA) is 49.7 Å². The number of rotatable bonds is 2. The lowest BCUT2D eigenvalue weighted by Crippen LogP contribution is -2.28. The minimum Gasteiger partial charge on any atom is -0.272 e. The lowest BCUT2D eigenvalue weighted by atomic mass is 9.85. The molecule has 1 saturated heterocycles. The largest absolute Gasteiger partial charge is 0.272 e. The summed E-state index contributed by atoms with van der Waals surface area (Å²) in [4.78, 5) is 25.8. The fourth-order valence-electron chi connectivity index (χ4n) is 5.30. The molecule has 2 amide bonds. The molecule has 0 unspecified atom stereocenters. The van der Waals surface area contributed by atoms with E-state index in [1.165, 1.54) is 0 Å². The van der Waals surface area contributed by atoms with Gasteiger partial charge < -0.3 is 0 Å². The summed E-state index contributed by atoms with van der Waals surface area (Å²) in [7, 11) is 0. The molecule has 3 aromatic carbocycles. The predicted octanol–water partition coefficient (Wildman–Crippen LogP) is 4.13. The van der Waals surface area contributed by atoms with E-state index in [4.69, 9.17) is 0 Å². The van der Waals surface area contributed by atoms with E-state index in [-0.39, 0.29) is 35.5 Å². The van der Waals surface area contributed by atoms with Gasteiger partial charge in [0.1, 0.15) is 0 Å². The van der Waals surface area contributed by atoms with Crippen LogP contribution in [0.3, 0.4) is 0 Å². The number of imide groups is 1. The van der Waals surface area contributed by atoms with Crippen molar-refractivity contribution in [1.82, 2.24) is 5.01 Å². The quantitative estimate of drug-likeness (QED) is 0.296. The molecule has 0 aromatic heterocycles. The van der Waals surface area contributed by atoms with E-state index >= 15 is 0 Å². The maximum atomic E-state index is 12.9. The van der Waals surface area contributed by atoms with Crippen molar-refractivity contribution in [2.24, 2.45) is 28.8 Å². The number of hydrazone groups is 1. The van der Waals surface area contributed by atoms with Crippen LogP contribution in [0.25, 0.3) is 21.5 Å². The maximum Gasteiger partial charge on any atom is 0.254 e. The molecule has 28 heavy (non-hydrogen) atoms. The van der Waals surface area contributed by atoms with Crippen molar-refractivity contribution in [3.05, 3.63) is 72.3 Å². The second kappa shape index (κ2) is 5.61. The van der Waals surface area contributed by atoms with Gasteiger partial charge in [-0.1, -0.05) is 60.7 Å². The molecule has 4 atom stereocenters. The third-order valence-electron chi connectivity index (χ3n) is 6.56. The zero-order chi connectivity index (χ0) is 18.8. The Labute approximate surface area is 162 Å². The number of carbonyl (C=O) groups excluding carboxylic acids is 2. The first kappa shape index (κ1) is 15.8. The number of fused-ring (bicyclic) bond motifs is 7. The van der Waals surface area contributed by atoms with E-state index < -0.39 is 0 Å². The van der Waals surface area contributed by atoms with Gasteiger partial charge in [0.2, 0.25) is 0 Å². The standard InChI is InChI=1S/C24H18N2O2/c27-23-21-16-9-10-17(12-16)22(21)24(28)26(23)25-13-20-18-7-3-1-5-14(18)11-15-6-2-4-8-19(15)20/h1-11,13,16-17,21-22H,12H2/b25-13-/t16-,17-,21-,22-/m0/s1. The van der Waals surface area contributed by atoms with Crippen LogP contribution in [0.15, 0.2) is 71.9 Å². The van der Waals surface area contributed by atoms with Crippen molar-refractivity contribution in [1.29, 1.82) is 0 Å². The van der Waals surface area contributed by atoms with Gasteiger partial charge in [0.05, 0.1) is 18.1 Å². The van der Waals surface area contributed by atoms with Crippen LogP contribution in [0.1, 0.15) is 12.0 Å². The Hall–Kier alpha value is -3.27.